The lowest BCUT2D eigenvalue weighted by Crippen LogP contribution is -2.07. The van der Waals surface area contributed by atoms with Gasteiger partial charge in [-0.15, -0.1) is 0 Å². The lowest BCUT2D eigenvalue weighted by molar-refractivity contribution is 0.340. The van der Waals surface area contributed by atoms with Gasteiger partial charge in [-0.25, -0.2) is 8.42 Å². The molecule has 4 rings (SSSR count). The van der Waals surface area contributed by atoms with E-state index in [1.165, 1.54) is 24.3 Å². The quantitative estimate of drug-likeness (QED) is 0.350. The summed E-state index contributed by atoms with van der Waals surface area (Å²) in [7, 11) is -3.95. The Morgan fingerprint density at radius 3 is 2.31 bits per heavy atom. The molecule has 0 aliphatic carbocycles. The zero-order valence-electron chi connectivity index (χ0n) is 17.3. The first-order chi connectivity index (χ1) is 15.5. The summed E-state index contributed by atoms with van der Waals surface area (Å²) in [5, 5.41) is 3.34. The Kier molecular flexibility index (Phi) is 6.48. The Bertz CT molecular complexity index is 1290. The van der Waals surface area contributed by atoms with Crippen molar-refractivity contribution in [2.75, 3.05) is 11.9 Å². The van der Waals surface area contributed by atoms with Crippen LogP contribution >= 0.6 is 11.6 Å². The maximum absolute atomic E-state index is 13.3. The summed E-state index contributed by atoms with van der Waals surface area (Å²) < 4.78 is 38.0. The van der Waals surface area contributed by atoms with E-state index in [0.717, 1.165) is 5.56 Å². The van der Waals surface area contributed by atoms with E-state index in [1.54, 1.807) is 24.3 Å². The van der Waals surface area contributed by atoms with Gasteiger partial charge < -0.3 is 14.5 Å². The van der Waals surface area contributed by atoms with Crippen LogP contribution < -0.4 is 10.1 Å². The predicted molar refractivity (Wildman–Crippen MR) is 124 cm³/mol. The Morgan fingerprint density at radius 2 is 1.66 bits per heavy atom. The number of ether oxygens (including phenoxy) is 1. The normalized spacial score (nSPS) is 11.3. The fourth-order valence-electron chi connectivity index (χ4n) is 3.09. The van der Waals surface area contributed by atoms with Crippen LogP contribution in [0.5, 0.6) is 5.75 Å². The number of nitrogens with zero attached hydrogens (tertiary/aromatic N) is 1. The van der Waals surface area contributed by atoms with E-state index >= 15 is 0 Å². The number of sulfone groups is 1. The highest BCUT2D eigenvalue weighted by Gasteiger charge is 2.28. The molecule has 1 heterocycles. The summed E-state index contributed by atoms with van der Waals surface area (Å²) in [6.07, 6.45) is 0. The van der Waals surface area contributed by atoms with Gasteiger partial charge in [0.2, 0.25) is 26.6 Å². The van der Waals surface area contributed by atoms with Crippen LogP contribution in [0.1, 0.15) is 12.5 Å². The molecule has 3 aromatic carbocycles. The minimum atomic E-state index is -3.95. The van der Waals surface area contributed by atoms with Crippen molar-refractivity contribution < 1.29 is 17.6 Å². The smallest absolute Gasteiger partial charge is 0.234 e. The fourth-order valence-corrected chi connectivity index (χ4v) is 4.49. The average molecular weight is 469 g/mol. The van der Waals surface area contributed by atoms with Gasteiger partial charge >= 0.3 is 0 Å². The third-order valence-electron chi connectivity index (χ3n) is 4.68. The highest BCUT2D eigenvalue weighted by molar-refractivity contribution is 7.91. The van der Waals surface area contributed by atoms with E-state index < -0.39 is 9.84 Å². The van der Waals surface area contributed by atoms with Crippen LogP contribution in [0.3, 0.4) is 0 Å². The topological polar surface area (TPSA) is 81.4 Å². The molecule has 0 saturated heterocycles. The van der Waals surface area contributed by atoms with Gasteiger partial charge in [0.25, 0.3) is 0 Å². The van der Waals surface area contributed by atoms with Crippen LogP contribution in [0, 0.1) is 0 Å². The Morgan fingerprint density at radius 1 is 0.969 bits per heavy atom. The van der Waals surface area contributed by atoms with Crippen molar-refractivity contribution >= 4 is 27.3 Å². The van der Waals surface area contributed by atoms with Gasteiger partial charge in [0.1, 0.15) is 5.75 Å². The summed E-state index contributed by atoms with van der Waals surface area (Å²) in [4.78, 5) is 4.43. The molecule has 1 aromatic heterocycles. The minimum absolute atomic E-state index is 0.0766. The standard InChI is InChI=1S/C24H21ClN2O4S/c1-2-30-20-12-8-18(9-13-20)22-27-24(32(28,29)21-14-10-19(25)11-15-21)23(31-22)26-16-17-6-4-3-5-7-17/h3-15,26H,2,16H2,1H3. The monoisotopic (exact) mass is 468 g/mol. The molecule has 8 heteroatoms. The Labute approximate surface area is 191 Å². The number of nitrogens with one attached hydrogen (secondary N) is 1. The molecule has 0 bridgehead atoms. The van der Waals surface area contributed by atoms with Crippen molar-refractivity contribution in [3.05, 3.63) is 89.4 Å². The van der Waals surface area contributed by atoms with Crippen LogP contribution in [0.4, 0.5) is 5.88 Å². The summed E-state index contributed by atoms with van der Waals surface area (Å²) in [6, 6.07) is 22.7. The molecule has 0 saturated carbocycles. The van der Waals surface area contributed by atoms with Gasteiger partial charge in [-0.1, -0.05) is 41.9 Å². The van der Waals surface area contributed by atoms with Crippen LogP contribution in [0.15, 0.2) is 93.2 Å². The van der Waals surface area contributed by atoms with E-state index in [2.05, 4.69) is 10.3 Å². The molecule has 164 valence electrons. The molecule has 4 aromatic rings. The maximum Gasteiger partial charge on any atom is 0.234 e. The molecular weight excluding hydrogens is 448 g/mol. The first-order valence-electron chi connectivity index (χ1n) is 10.00. The summed E-state index contributed by atoms with van der Waals surface area (Å²) >= 11 is 5.92. The molecule has 0 aliphatic heterocycles. The molecule has 0 spiro atoms. The second kappa shape index (κ2) is 9.46. The molecule has 6 nitrogen and oxygen atoms in total. The second-order valence-corrected chi connectivity index (χ2v) is 9.21. The van der Waals surface area contributed by atoms with Crippen LogP contribution in [0.25, 0.3) is 11.5 Å². The van der Waals surface area contributed by atoms with Gasteiger partial charge in [0.05, 0.1) is 11.5 Å². The third-order valence-corrected chi connectivity index (χ3v) is 6.61. The van der Waals surface area contributed by atoms with Crippen molar-refractivity contribution in [3.8, 4) is 17.2 Å². The molecule has 0 atom stereocenters. The SMILES string of the molecule is CCOc1ccc(-c2nc(S(=O)(=O)c3ccc(Cl)cc3)c(NCc3ccccc3)o2)cc1. The molecule has 0 radical (unpaired) electrons. The van der Waals surface area contributed by atoms with Gasteiger partial charge in [-0.05, 0) is 61.0 Å². The van der Waals surface area contributed by atoms with Gasteiger partial charge in [-0.2, -0.15) is 4.98 Å². The minimum Gasteiger partial charge on any atom is -0.494 e. The number of anilines is 1. The highest BCUT2D eigenvalue weighted by atomic mass is 35.5. The molecule has 0 fully saturated rings. The number of rotatable bonds is 8. The molecular formula is C24H21ClN2O4S. The zero-order chi connectivity index (χ0) is 22.6. The Balaban J connectivity index is 1.73. The van der Waals surface area contributed by atoms with Crippen molar-refractivity contribution in [2.45, 2.75) is 23.4 Å². The molecule has 0 unspecified atom stereocenters. The lowest BCUT2D eigenvalue weighted by Gasteiger charge is -2.06. The van der Waals surface area contributed by atoms with E-state index in [1.807, 2.05) is 37.3 Å². The van der Waals surface area contributed by atoms with E-state index in [0.29, 0.717) is 29.5 Å². The highest BCUT2D eigenvalue weighted by Crippen LogP contribution is 2.33. The largest absolute Gasteiger partial charge is 0.494 e. The van der Waals surface area contributed by atoms with Gasteiger partial charge in [0, 0.05) is 17.1 Å². The molecule has 0 amide bonds. The number of halogens is 1. The summed E-state index contributed by atoms with van der Waals surface area (Å²) in [6.45, 7) is 2.83. The van der Waals surface area contributed by atoms with E-state index in [4.69, 9.17) is 20.8 Å². The molecule has 32 heavy (non-hydrogen) atoms. The number of hydrogen-bond donors (Lipinski definition) is 1. The second-order valence-electron chi connectivity index (χ2n) is 6.91. The first-order valence-corrected chi connectivity index (χ1v) is 11.9. The molecule has 1 N–H and O–H groups in total. The lowest BCUT2D eigenvalue weighted by atomic mass is 10.2. The maximum atomic E-state index is 13.3. The van der Waals surface area contributed by atoms with E-state index in [9.17, 15) is 8.42 Å². The number of hydrogen-bond acceptors (Lipinski definition) is 6. The van der Waals surface area contributed by atoms with Crippen LogP contribution in [-0.4, -0.2) is 20.0 Å². The molecule has 0 aliphatic rings. The zero-order valence-corrected chi connectivity index (χ0v) is 18.9. The summed E-state index contributed by atoms with van der Waals surface area (Å²) in [5.74, 6) is 0.975. The predicted octanol–water partition coefficient (Wildman–Crippen LogP) is 5.84. The van der Waals surface area contributed by atoms with Crippen LogP contribution in [0.2, 0.25) is 5.02 Å². The van der Waals surface area contributed by atoms with Gasteiger partial charge in [0.15, 0.2) is 0 Å². The number of benzene rings is 3. The first kappa shape index (κ1) is 21.9. The summed E-state index contributed by atoms with van der Waals surface area (Å²) in [5.41, 5.74) is 1.61. The third kappa shape index (κ3) is 4.79. The Hall–Kier alpha value is -3.29. The van der Waals surface area contributed by atoms with Gasteiger partial charge in [-0.3, -0.25) is 0 Å². The van der Waals surface area contributed by atoms with Crippen molar-refractivity contribution in [1.29, 1.82) is 0 Å². The van der Waals surface area contributed by atoms with Crippen molar-refractivity contribution in [3.63, 3.8) is 0 Å². The van der Waals surface area contributed by atoms with Crippen molar-refractivity contribution in [2.24, 2.45) is 0 Å². The van der Waals surface area contributed by atoms with Crippen LogP contribution in [-0.2, 0) is 16.4 Å². The number of aromatic nitrogens is 1. The van der Waals surface area contributed by atoms with Crippen molar-refractivity contribution in [1.82, 2.24) is 4.98 Å². The van der Waals surface area contributed by atoms with E-state index in [-0.39, 0.29) is 21.7 Å². The fraction of sp³-hybridized carbons (Fsp3) is 0.125. The number of oxazole rings is 1. The average Bonchev–Trinajstić information content (AvgIpc) is 3.25.